The second-order valence-electron chi connectivity index (χ2n) is 7.62. The minimum Gasteiger partial charge on any atom is -0.399 e. The number of hydrogen-bond acceptors (Lipinski definition) is 4. The highest BCUT2D eigenvalue weighted by Crippen LogP contribution is 2.23. The summed E-state index contributed by atoms with van der Waals surface area (Å²) < 4.78 is 0. The normalized spacial score (nSPS) is 14.5. The van der Waals surface area contributed by atoms with Gasteiger partial charge in [0.2, 0.25) is 5.91 Å². The topological polar surface area (TPSA) is 87.5 Å². The van der Waals surface area contributed by atoms with Gasteiger partial charge in [-0.05, 0) is 62.1 Å². The summed E-state index contributed by atoms with van der Waals surface area (Å²) in [5.74, 6) is -0.491. The Morgan fingerprint density at radius 1 is 1.14 bits per heavy atom. The molecule has 1 aliphatic heterocycles. The van der Waals surface area contributed by atoms with Crippen molar-refractivity contribution in [2.45, 2.75) is 45.6 Å². The molecule has 0 radical (unpaired) electrons. The van der Waals surface area contributed by atoms with Crippen LogP contribution in [0.15, 0.2) is 42.5 Å². The number of anilines is 3. The Labute approximate surface area is 172 Å². The summed E-state index contributed by atoms with van der Waals surface area (Å²) >= 11 is 0. The molecule has 154 valence electrons. The van der Waals surface area contributed by atoms with Crippen molar-refractivity contribution in [1.29, 1.82) is 0 Å². The van der Waals surface area contributed by atoms with Crippen molar-refractivity contribution in [3.63, 3.8) is 0 Å². The first-order valence-corrected chi connectivity index (χ1v) is 10.3. The third-order valence-corrected chi connectivity index (χ3v) is 5.29. The number of aryl methyl sites for hydroxylation is 1. The first-order chi connectivity index (χ1) is 14.0. The average molecular weight is 395 g/mol. The molecule has 1 aliphatic rings. The molecule has 2 amide bonds. The molecule has 1 fully saturated rings. The van der Waals surface area contributed by atoms with Crippen LogP contribution in [0, 0.1) is 6.92 Å². The number of nitrogens with one attached hydrogen (secondary N) is 2. The van der Waals surface area contributed by atoms with Crippen LogP contribution in [0.25, 0.3) is 0 Å². The lowest BCUT2D eigenvalue weighted by Crippen LogP contribution is -2.44. The predicted molar refractivity (Wildman–Crippen MR) is 118 cm³/mol. The molecule has 1 atom stereocenters. The number of hydrogen-bond donors (Lipinski definition) is 3. The average Bonchev–Trinajstić information content (AvgIpc) is 3.24. The van der Waals surface area contributed by atoms with Gasteiger partial charge in [0.05, 0.1) is 0 Å². The van der Waals surface area contributed by atoms with Crippen LogP contribution in [0.2, 0.25) is 0 Å². The van der Waals surface area contributed by atoms with Crippen molar-refractivity contribution in [1.82, 2.24) is 5.32 Å². The lowest BCUT2D eigenvalue weighted by atomic mass is 10.1. The van der Waals surface area contributed by atoms with E-state index in [2.05, 4.69) is 21.6 Å². The van der Waals surface area contributed by atoms with Crippen LogP contribution in [0.5, 0.6) is 0 Å². The molecular weight excluding hydrogens is 364 g/mol. The SMILES string of the molecule is CCCC(NC(=O)c1cc(N)ccc1C)C(=O)Nc1cccc(N2CCCC2)c1. The molecule has 2 aromatic carbocycles. The summed E-state index contributed by atoms with van der Waals surface area (Å²) in [4.78, 5) is 27.9. The fourth-order valence-electron chi connectivity index (χ4n) is 3.66. The van der Waals surface area contributed by atoms with Crippen LogP contribution in [0.3, 0.4) is 0 Å². The van der Waals surface area contributed by atoms with Crippen LogP contribution < -0.4 is 21.3 Å². The van der Waals surface area contributed by atoms with E-state index in [0.29, 0.717) is 17.7 Å². The van der Waals surface area contributed by atoms with Crippen molar-refractivity contribution in [2.75, 3.05) is 29.0 Å². The van der Waals surface area contributed by atoms with Gasteiger partial charge in [-0.25, -0.2) is 0 Å². The maximum Gasteiger partial charge on any atom is 0.252 e. The van der Waals surface area contributed by atoms with Crippen molar-refractivity contribution < 1.29 is 9.59 Å². The van der Waals surface area contributed by atoms with Crippen LogP contribution in [0.4, 0.5) is 17.1 Å². The molecule has 6 nitrogen and oxygen atoms in total. The Bertz CT molecular complexity index is 875. The first kappa shape index (κ1) is 20.7. The molecule has 0 saturated carbocycles. The molecular formula is C23H30N4O2. The van der Waals surface area contributed by atoms with Gasteiger partial charge in [-0.15, -0.1) is 0 Å². The summed E-state index contributed by atoms with van der Waals surface area (Å²) in [5.41, 5.74) is 9.53. The van der Waals surface area contributed by atoms with E-state index >= 15 is 0 Å². The Morgan fingerprint density at radius 3 is 2.62 bits per heavy atom. The minimum absolute atomic E-state index is 0.208. The van der Waals surface area contributed by atoms with Gasteiger partial charge >= 0.3 is 0 Å². The van der Waals surface area contributed by atoms with E-state index < -0.39 is 6.04 Å². The fourth-order valence-corrected chi connectivity index (χ4v) is 3.66. The number of carbonyl (C=O) groups is 2. The third-order valence-electron chi connectivity index (χ3n) is 5.29. The molecule has 1 heterocycles. The largest absolute Gasteiger partial charge is 0.399 e. The zero-order chi connectivity index (χ0) is 20.8. The number of amides is 2. The maximum absolute atomic E-state index is 12.9. The molecule has 3 rings (SSSR count). The third kappa shape index (κ3) is 5.28. The first-order valence-electron chi connectivity index (χ1n) is 10.3. The summed E-state index contributed by atoms with van der Waals surface area (Å²) in [7, 11) is 0. The number of rotatable bonds is 7. The second-order valence-corrected chi connectivity index (χ2v) is 7.62. The molecule has 0 bridgehead atoms. The van der Waals surface area contributed by atoms with E-state index in [4.69, 9.17) is 5.73 Å². The number of nitrogen functional groups attached to an aromatic ring is 1. The van der Waals surface area contributed by atoms with E-state index in [1.165, 1.54) is 12.8 Å². The summed E-state index contributed by atoms with van der Waals surface area (Å²) in [5, 5.41) is 5.84. The molecule has 0 aliphatic carbocycles. The highest BCUT2D eigenvalue weighted by molar-refractivity contribution is 6.02. The van der Waals surface area contributed by atoms with Gasteiger partial charge in [0, 0.05) is 35.7 Å². The fraction of sp³-hybridized carbons (Fsp3) is 0.391. The van der Waals surface area contributed by atoms with Crippen LogP contribution in [-0.4, -0.2) is 30.9 Å². The highest BCUT2D eigenvalue weighted by Gasteiger charge is 2.22. The van der Waals surface area contributed by atoms with Gasteiger partial charge in [0.15, 0.2) is 0 Å². The van der Waals surface area contributed by atoms with E-state index in [1.807, 2.05) is 38.1 Å². The predicted octanol–water partition coefficient (Wildman–Crippen LogP) is 3.71. The van der Waals surface area contributed by atoms with Crippen molar-refractivity contribution >= 4 is 28.9 Å². The second kappa shape index (κ2) is 9.45. The van der Waals surface area contributed by atoms with Crippen molar-refractivity contribution in [2.24, 2.45) is 0 Å². The monoisotopic (exact) mass is 394 g/mol. The minimum atomic E-state index is -0.608. The molecule has 0 spiro atoms. The molecule has 0 aromatic heterocycles. The summed E-state index contributed by atoms with van der Waals surface area (Å²) in [6.07, 6.45) is 3.74. The molecule has 2 aromatic rings. The van der Waals surface area contributed by atoms with E-state index in [0.717, 1.165) is 36.4 Å². The van der Waals surface area contributed by atoms with E-state index in [-0.39, 0.29) is 11.8 Å². The molecule has 1 unspecified atom stereocenters. The Hall–Kier alpha value is -3.02. The van der Waals surface area contributed by atoms with Gasteiger partial charge in [-0.2, -0.15) is 0 Å². The number of nitrogens with two attached hydrogens (primary N) is 1. The summed E-state index contributed by atoms with van der Waals surface area (Å²) in [6, 6.07) is 12.5. The van der Waals surface area contributed by atoms with Gasteiger partial charge < -0.3 is 21.3 Å². The Kier molecular flexibility index (Phi) is 6.75. The van der Waals surface area contributed by atoms with Crippen molar-refractivity contribution in [3.05, 3.63) is 53.6 Å². The Balaban J connectivity index is 1.70. The lowest BCUT2D eigenvalue weighted by Gasteiger charge is -2.21. The number of carbonyl (C=O) groups excluding carboxylic acids is 2. The highest BCUT2D eigenvalue weighted by atomic mass is 16.2. The van der Waals surface area contributed by atoms with Gasteiger partial charge in [0.1, 0.15) is 6.04 Å². The van der Waals surface area contributed by atoms with Crippen LogP contribution >= 0.6 is 0 Å². The Morgan fingerprint density at radius 2 is 1.90 bits per heavy atom. The standard InChI is InChI=1S/C23H30N4O2/c1-3-7-21(26-22(28)20-14-17(24)11-10-16(20)2)23(29)25-18-8-6-9-19(15-18)27-12-4-5-13-27/h6,8-11,14-15,21H,3-5,7,12-13,24H2,1-2H3,(H,25,29)(H,26,28). The number of nitrogens with zero attached hydrogens (tertiary/aromatic N) is 1. The zero-order valence-electron chi connectivity index (χ0n) is 17.2. The van der Waals surface area contributed by atoms with Crippen LogP contribution in [-0.2, 0) is 4.79 Å². The molecule has 4 N–H and O–H groups in total. The van der Waals surface area contributed by atoms with E-state index in [1.54, 1.807) is 12.1 Å². The number of benzene rings is 2. The molecule has 29 heavy (non-hydrogen) atoms. The quantitative estimate of drug-likeness (QED) is 0.625. The maximum atomic E-state index is 12.9. The van der Waals surface area contributed by atoms with Gasteiger partial charge in [-0.1, -0.05) is 25.5 Å². The summed E-state index contributed by atoms with van der Waals surface area (Å²) in [6.45, 7) is 5.94. The van der Waals surface area contributed by atoms with E-state index in [9.17, 15) is 9.59 Å². The zero-order valence-corrected chi connectivity index (χ0v) is 17.2. The van der Waals surface area contributed by atoms with Gasteiger partial charge in [0.25, 0.3) is 5.91 Å². The smallest absolute Gasteiger partial charge is 0.252 e. The molecule has 1 saturated heterocycles. The van der Waals surface area contributed by atoms with Gasteiger partial charge in [-0.3, -0.25) is 9.59 Å². The van der Waals surface area contributed by atoms with Crippen LogP contribution in [0.1, 0.15) is 48.5 Å². The molecule has 6 heteroatoms. The van der Waals surface area contributed by atoms with Crippen molar-refractivity contribution in [3.8, 4) is 0 Å². The lowest BCUT2D eigenvalue weighted by molar-refractivity contribution is -0.118.